The molecule has 0 aromatic heterocycles. The highest BCUT2D eigenvalue weighted by Crippen LogP contribution is 2.39. The Morgan fingerprint density at radius 2 is 1.18 bits per heavy atom. The van der Waals surface area contributed by atoms with Gasteiger partial charge in [0, 0.05) is 41.0 Å². The molecule has 1 N–H and O–H groups in total. The van der Waals surface area contributed by atoms with Crippen LogP contribution in [0.1, 0.15) is 78.5 Å². The first-order chi connectivity index (χ1) is 36.7. The molecule has 11 atom stereocenters. The summed E-state index contributed by atoms with van der Waals surface area (Å²) in [6.07, 6.45) is -12.1. The van der Waals surface area contributed by atoms with Crippen molar-refractivity contribution in [1.29, 1.82) is 0 Å². The fraction of sp³-hybridized carbons (Fsp3) is 0.434. The summed E-state index contributed by atoms with van der Waals surface area (Å²) >= 11 is 0. The lowest BCUT2D eigenvalue weighted by Gasteiger charge is -2.49. The van der Waals surface area contributed by atoms with E-state index in [1.165, 1.54) is 48.5 Å². The van der Waals surface area contributed by atoms with Gasteiger partial charge < -0.3 is 66.9 Å². The van der Waals surface area contributed by atoms with Crippen LogP contribution in [0.25, 0.3) is 0 Å². The van der Waals surface area contributed by atoms with Crippen LogP contribution in [-0.2, 0) is 95.1 Å². The maximum absolute atomic E-state index is 14.5. The number of ether oxygens (including phenoxy) is 13. The zero-order valence-corrected chi connectivity index (χ0v) is 42.6. The number of carbonyl (C=O) groups excluding carboxylic acids is 10. The van der Waals surface area contributed by atoms with Crippen molar-refractivity contribution in [3.05, 3.63) is 108 Å². The van der Waals surface area contributed by atoms with Crippen molar-refractivity contribution in [2.75, 3.05) is 33.5 Å². The van der Waals surface area contributed by atoms with Crippen LogP contribution in [0.3, 0.4) is 0 Å². The Kier molecular flexibility index (Phi) is 22.1. The van der Waals surface area contributed by atoms with Crippen LogP contribution in [0.15, 0.2) is 91.0 Å². The number of methoxy groups -OCH3 is 1. The van der Waals surface area contributed by atoms with Crippen molar-refractivity contribution >= 4 is 59.6 Å². The first-order valence-electron chi connectivity index (χ1n) is 23.7. The minimum atomic E-state index is -2.90. The standard InChI is InChI=1S/C53H57NO23/c1-8-9-25-66-51-47(76-50(63)37-23-17-12-18-24-37)46(75-49(62)36-21-15-11-16-22-36)44(74-48(61)35-19-13-10-14-20-35)40(73-51)28-69-53(52(64)65-7)26-38(70-32(4)57)42(54-41(60)29-68-31(3)56)45(77-53)43(72-34(6)59)39(71-33(5)58)27-67-30(2)55/h1,10-24,38-40,42-47,51H,9,25-29H2,2-7H3,(H,54,60)/t38-,39+,40+,42+,43+,44-,45+,46-,47+,51+,53+/m0/s1. The molecule has 0 unspecified atom stereocenters. The van der Waals surface area contributed by atoms with Crippen LogP contribution < -0.4 is 5.32 Å². The third-order valence-electron chi connectivity index (χ3n) is 11.2. The molecular weight excluding hydrogens is 1020 g/mol. The van der Waals surface area contributed by atoms with Gasteiger partial charge in [-0.15, -0.1) is 12.3 Å². The molecule has 0 aliphatic carbocycles. The van der Waals surface area contributed by atoms with E-state index in [1.54, 1.807) is 42.5 Å². The van der Waals surface area contributed by atoms with Crippen LogP contribution in [0.2, 0.25) is 0 Å². The fourth-order valence-electron chi connectivity index (χ4n) is 8.00. The Morgan fingerprint density at radius 3 is 1.66 bits per heavy atom. The Bertz CT molecular complexity index is 2610. The molecule has 5 rings (SSSR count). The van der Waals surface area contributed by atoms with Crippen molar-refractivity contribution in [2.45, 2.75) is 114 Å². The van der Waals surface area contributed by atoms with Crippen molar-refractivity contribution in [1.82, 2.24) is 5.32 Å². The Hall–Kier alpha value is -8.24. The molecule has 3 aromatic rings. The van der Waals surface area contributed by atoms with Gasteiger partial charge in [-0.1, -0.05) is 54.6 Å². The topological polar surface area (TPSA) is 303 Å². The molecule has 2 heterocycles. The van der Waals surface area contributed by atoms with Gasteiger partial charge in [0.2, 0.25) is 0 Å². The van der Waals surface area contributed by atoms with Gasteiger partial charge in [0.25, 0.3) is 11.7 Å². The summed E-state index contributed by atoms with van der Waals surface area (Å²) in [5.74, 6) is -10.8. The normalized spacial score (nSPS) is 23.3. The molecule has 2 aliphatic heterocycles. The molecule has 0 bridgehead atoms. The largest absolute Gasteiger partial charge is 0.465 e. The van der Waals surface area contributed by atoms with Crippen molar-refractivity contribution in [3.63, 3.8) is 0 Å². The molecule has 1 amide bonds. The third kappa shape index (κ3) is 17.1. The fourth-order valence-corrected chi connectivity index (χ4v) is 8.00. The van der Waals surface area contributed by atoms with E-state index in [-0.39, 0.29) is 29.7 Å². The summed E-state index contributed by atoms with van der Waals surface area (Å²) in [5, 5.41) is 2.48. The predicted molar refractivity (Wildman–Crippen MR) is 257 cm³/mol. The van der Waals surface area contributed by atoms with Gasteiger partial charge in [0.15, 0.2) is 43.4 Å². The number of hydrogen-bond acceptors (Lipinski definition) is 23. The van der Waals surface area contributed by atoms with E-state index in [9.17, 15) is 47.9 Å². The number of terminal acetylenes is 1. The molecule has 0 saturated carbocycles. The van der Waals surface area contributed by atoms with Crippen molar-refractivity contribution in [2.24, 2.45) is 0 Å². The number of rotatable bonds is 23. The minimum absolute atomic E-state index is 0.00161. The molecule has 2 aliphatic rings. The lowest BCUT2D eigenvalue weighted by atomic mass is 9.87. The molecule has 0 spiro atoms. The lowest BCUT2D eigenvalue weighted by Crippen LogP contribution is -2.70. The average Bonchev–Trinajstić information content (AvgIpc) is 3.42. The summed E-state index contributed by atoms with van der Waals surface area (Å²) in [5.41, 5.74) is 0.0151. The van der Waals surface area contributed by atoms with Gasteiger partial charge in [-0.2, -0.15) is 0 Å². The molecule has 412 valence electrons. The van der Waals surface area contributed by atoms with Crippen molar-refractivity contribution in [3.8, 4) is 12.3 Å². The maximum Gasteiger partial charge on any atom is 0.366 e. The Labute approximate surface area is 441 Å². The van der Waals surface area contributed by atoms with Crippen LogP contribution in [-0.4, -0.2) is 160 Å². The number of nitrogens with one attached hydrogen (secondary N) is 1. The monoisotopic (exact) mass is 1080 g/mol. The number of carbonyl (C=O) groups is 10. The van der Waals surface area contributed by atoms with E-state index >= 15 is 0 Å². The molecule has 77 heavy (non-hydrogen) atoms. The number of esters is 9. The second-order valence-electron chi connectivity index (χ2n) is 17.0. The second kappa shape index (κ2) is 28.6. The van der Waals surface area contributed by atoms with Gasteiger partial charge in [-0.25, -0.2) is 19.2 Å². The highest BCUT2D eigenvalue weighted by atomic mass is 16.8. The van der Waals surface area contributed by atoms with Gasteiger partial charge in [0.1, 0.15) is 24.9 Å². The summed E-state index contributed by atoms with van der Waals surface area (Å²) in [6.45, 7) is 1.87. The highest BCUT2D eigenvalue weighted by Gasteiger charge is 2.61. The van der Waals surface area contributed by atoms with Crippen LogP contribution >= 0.6 is 0 Å². The van der Waals surface area contributed by atoms with Gasteiger partial charge in [-0.05, 0) is 36.4 Å². The molecule has 0 radical (unpaired) electrons. The summed E-state index contributed by atoms with van der Waals surface area (Å²) in [4.78, 5) is 133. The van der Waals surface area contributed by atoms with Gasteiger partial charge in [0.05, 0.1) is 49.5 Å². The number of benzene rings is 3. The Balaban J connectivity index is 1.71. The Morgan fingerprint density at radius 1 is 0.662 bits per heavy atom. The molecule has 3 aromatic carbocycles. The smallest absolute Gasteiger partial charge is 0.366 e. The lowest BCUT2D eigenvalue weighted by molar-refractivity contribution is -0.338. The zero-order chi connectivity index (χ0) is 56.2. The maximum atomic E-state index is 14.5. The van der Waals surface area contributed by atoms with Crippen LogP contribution in [0, 0.1) is 12.3 Å². The number of hydrogen-bond donors (Lipinski definition) is 1. The van der Waals surface area contributed by atoms with Crippen LogP contribution in [0.5, 0.6) is 0 Å². The SMILES string of the molecule is C#CCCO[C@@H]1O[C@H](CO[C@]2(C(=O)OC)C[C@H](OC(C)=O)[C@@H](NC(=O)COC(C)=O)[C@H]([C@H](OC(C)=O)[C@@H](COC(C)=O)OC(C)=O)O2)[C@H](OC(=O)c2ccccc2)[C@H](OC(=O)c2ccccc2)[C@H]1OC(=O)c1ccccc1. The quantitative estimate of drug-likeness (QED) is 0.0617. The zero-order valence-electron chi connectivity index (χ0n) is 42.6. The van der Waals surface area contributed by atoms with Gasteiger partial charge in [-0.3, -0.25) is 28.8 Å². The average molecular weight is 1080 g/mol. The molecule has 24 heteroatoms. The van der Waals surface area contributed by atoms with E-state index in [4.69, 9.17) is 68.0 Å². The predicted octanol–water partition coefficient (Wildman–Crippen LogP) is 2.51. The second-order valence-corrected chi connectivity index (χ2v) is 17.0. The highest BCUT2D eigenvalue weighted by molar-refractivity contribution is 5.91. The minimum Gasteiger partial charge on any atom is -0.465 e. The van der Waals surface area contributed by atoms with E-state index in [0.29, 0.717) is 0 Å². The van der Waals surface area contributed by atoms with Crippen molar-refractivity contribution < 1.29 is 110 Å². The van der Waals surface area contributed by atoms with E-state index in [1.807, 2.05) is 0 Å². The first kappa shape index (κ1) is 59.6. The van der Waals surface area contributed by atoms with E-state index in [0.717, 1.165) is 41.7 Å². The molecule has 24 nitrogen and oxygen atoms in total. The number of amides is 1. The van der Waals surface area contributed by atoms with E-state index < -0.39 is 153 Å². The third-order valence-corrected chi connectivity index (χ3v) is 11.2. The summed E-state index contributed by atoms with van der Waals surface area (Å²) in [7, 11) is 0.910. The van der Waals surface area contributed by atoms with Crippen LogP contribution in [0.4, 0.5) is 0 Å². The summed E-state index contributed by atoms with van der Waals surface area (Å²) < 4.78 is 75.7. The van der Waals surface area contributed by atoms with Gasteiger partial charge >= 0.3 is 53.7 Å². The summed E-state index contributed by atoms with van der Waals surface area (Å²) in [6, 6.07) is 21.0. The molecule has 2 saturated heterocycles. The molecule has 2 fully saturated rings. The first-order valence-corrected chi connectivity index (χ1v) is 23.7. The molecular formula is C53H57NO23. The van der Waals surface area contributed by atoms with E-state index in [2.05, 4.69) is 11.2 Å².